The van der Waals surface area contributed by atoms with Gasteiger partial charge in [0.1, 0.15) is 5.75 Å². The van der Waals surface area contributed by atoms with Crippen LogP contribution >= 0.6 is 11.6 Å². The van der Waals surface area contributed by atoms with Crippen molar-refractivity contribution in [2.75, 3.05) is 6.61 Å². The molecule has 0 fully saturated rings. The zero-order valence-electron chi connectivity index (χ0n) is 14.5. The van der Waals surface area contributed by atoms with Crippen LogP contribution in [-0.4, -0.2) is 22.7 Å². The lowest BCUT2D eigenvalue weighted by Crippen LogP contribution is -2.28. The predicted octanol–water partition coefficient (Wildman–Crippen LogP) is 3.70. The van der Waals surface area contributed by atoms with E-state index in [1.165, 1.54) is 0 Å². The van der Waals surface area contributed by atoms with E-state index in [1.54, 1.807) is 12.1 Å². The molecule has 0 unspecified atom stereocenters. The van der Waals surface area contributed by atoms with Gasteiger partial charge in [-0.25, -0.2) is 0 Å². The number of aryl methyl sites for hydroxylation is 1. The molecule has 0 atom stereocenters. The van der Waals surface area contributed by atoms with E-state index < -0.39 is 0 Å². The van der Waals surface area contributed by atoms with Crippen LogP contribution in [0, 0.1) is 13.8 Å². The van der Waals surface area contributed by atoms with E-state index in [-0.39, 0.29) is 19.1 Å². The monoisotopic (exact) mass is 371 g/mol. The molecular formula is C19H18ClN3O3. The van der Waals surface area contributed by atoms with E-state index in [2.05, 4.69) is 15.5 Å². The highest BCUT2D eigenvalue weighted by atomic mass is 35.5. The Morgan fingerprint density at radius 3 is 2.81 bits per heavy atom. The minimum absolute atomic E-state index is 0.0875. The second-order valence-corrected chi connectivity index (χ2v) is 6.16. The van der Waals surface area contributed by atoms with Crippen LogP contribution in [0.4, 0.5) is 0 Å². The van der Waals surface area contributed by atoms with Crippen molar-refractivity contribution >= 4 is 17.5 Å². The first kappa shape index (κ1) is 17.9. The topological polar surface area (TPSA) is 77.2 Å². The summed E-state index contributed by atoms with van der Waals surface area (Å²) in [5.74, 6) is 1.09. The number of halogens is 1. The molecule has 0 radical (unpaired) electrons. The van der Waals surface area contributed by atoms with E-state index in [0.29, 0.717) is 28.1 Å². The highest BCUT2D eigenvalue weighted by Gasteiger charge is 2.12. The summed E-state index contributed by atoms with van der Waals surface area (Å²) in [7, 11) is 0. The van der Waals surface area contributed by atoms with Crippen LogP contribution in [0.1, 0.15) is 17.0 Å². The largest absolute Gasteiger partial charge is 0.483 e. The molecule has 2 aromatic carbocycles. The summed E-state index contributed by atoms with van der Waals surface area (Å²) in [5, 5.41) is 7.11. The van der Waals surface area contributed by atoms with E-state index in [4.69, 9.17) is 20.9 Å². The van der Waals surface area contributed by atoms with Gasteiger partial charge in [0.15, 0.2) is 6.61 Å². The Morgan fingerprint density at radius 1 is 1.19 bits per heavy atom. The average Bonchev–Trinajstić information content (AvgIpc) is 3.10. The van der Waals surface area contributed by atoms with Crippen LogP contribution in [-0.2, 0) is 11.3 Å². The second kappa shape index (κ2) is 8.01. The van der Waals surface area contributed by atoms with Crippen molar-refractivity contribution in [3.8, 4) is 17.1 Å². The summed E-state index contributed by atoms with van der Waals surface area (Å²) in [6, 6.07) is 12.9. The standard InChI is InChI=1S/C19H18ClN3O3/c1-12-6-5-9-16(13(12)2)25-11-17(24)21-10-18-22-19(23-26-18)14-7-3-4-8-15(14)20/h3-9H,10-11H2,1-2H3,(H,21,24). The summed E-state index contributed by atoms with van der Waals surface area (Å²) in [6.07, 6.45) is 0. The molecular weight excluding hydrogens is 354 g/mol. The first-order valence-corrected chi connectivity index (χ1v) is 8.45. The fourth-order valence-electron chi connectivity index (χ4n) is 2.33. The molecule has 1 heterocycles. The maximum absolute atomic E-state index is 12.0. The second-order valence-electron chi connectivity index (χ2n) is 5.76. The lowest BCUT2D eigenvalue weighted by Gasteiger charge is -2.10. The highest BCUT2D eigenvalue weighted by Crippen LogP contribution is 2.24. The Bertz CT molecular complexity index is 924. The molecule has 0 spiro atoms. The molecule has 0 aliphatic rings. The zero-order valence-corrected chi connectivity index (χ0v) is 15.2. The molecule has 1 amide bonds. The van der Waals surface area contributed by atoms with Gasteiger partial charge in [-0.2, -0.15) is 4.98 Å². The van der Waals surface area contributed by atoms with Gasteiger partial charge in [0.25, 0.3) is 5.91 Å². The van der Waals surface area contributed by atoms with Crippen molar-refractivity contribution in [1.82, 2.24) is 15.5 Å². The van der Waals surface area contributed by atoms with Gasteiger partial charge in [0.2, 0.25) is 11.7 Å². The third-order valence-corrected chi connectivity index (χ3v) is 4.26. The number of carbonyl (C=O) groups is 1. The molecule has 1 N–H and O–H groups in total. The van der Waals surface area contributed by atoms with Crippen molar-refractivity contribution in [3.63, 3.8) is 0 Å². The van der Waals surface area contributed by atoms with Gasteiger partial charge in [-0.15, -0.1) is 0 Å². The third kappa shape index (κ3) is 4.21. The van der Waals surface area contributed by atoms with Crippen molar-refractivity contribution in [1.29, 1.82) is 0 Å². The Balaban J connectivity index is 1.54. The van der Waals surface area contributed by atoms with Gasteiger partial charge in [-0.1, -0.05) is 41.0 Å². The van der Waals surface area contributed by atoms with Gasteiger partial charge in [0, 0.05) is 5.56 Å². The highest BCUT2D eigenvalue weighted by molar-refractivity contribution is 6.33. The number of aromatic nitrogens is 2. The van der Waals surface area contributed by atoms with Crippen molar-refractivity contribution < 1.29 is 14.1 Å². The molecule has 0 aliphatic carbocycles. The Hall–Kier alpha value is -2.86. The summed E-state index contributed by atoms with van der Waals surface area (Å²) >= 11 is 6.11. The summed E-state index contributed by atoms with van der Waals surface area (Å²) in [4.78, 5) is 16.2. The lowest BCUT2D eigenvalue weighted by molar-refractivity contribution is -0.123. The van der Waals surface area contributed by atoms with Crippen LogP contribution in [0.3, 0.4) is 0 Å². The minimum Gasteiger partial charge on any atom is -0.483 e. The van der Waals surface area contributed by atoms with Gasteiger partial charge < -0.3 is 14.6 Å². The predicted molar refractivity (Wildman–Crippen MR) is 98.0 cm³/mol. The maximum Gasteiger partial charge on any atom is 0.258 e. The number of ether oxygens (including phenoxy) is 1. The Morgan fingerprint density at radius 2 is 2.00 bits per heavy atom. The number of benzene rings is 2. The van der Waals surface area contributed by atoms with E-state index in [1.807, 2.05) is 44.2 Å². The molecule has 26 heavy (non-hydrogen) atoms. The molecule has 7 heteroatoms. The number of rotatable bonds is 6. The molecule has 3 aromatic rings. The lowest BCUT2D eigenvalue weighted by atomic mass is 10.1. The SMILES string of the molecule is Cc1cccc(OCC(=O)NCc2nc(-c3ccccc3Cl)no2)c1C. The van der Waals surface area contributed by atoms with Gasteiger partial charge >= 0.3 is 0 Å². The molecule has 0 aliphatic heterocycles. The maximum atomic E-state index is 12.0. The molecule has 3 rings (SSSR count). The molecule has 6 nitrogen and oxygen atoms in total. The van der Waals surface area contributed by atoms with Crippen LogP contribution in [0.5, 0.6) is 5.75 Å². The number of carbonyl (C=O) groups excluding carboxylic acids is 1. The van der Waals surface area contributed by atoms with Crippen LogP contribution in [0.15, 0.2) is 47.0 Å². The number of hydrogen-bond donors (Lipinski definition) is 1. The normalized spacial score (nSPS) is 10.6. The van der Waals surface area contributed by atoms with Crippen molar-refractivity contribution in [2.45, 2.75) is 20.4 Å². The number of hydrogen-bond acceptors (Lipinski definition) is 5. The third-order valence-electron chi connectivity index (χ3n) is 3.93. The number of amides is 1. The van der Waals surface area contributed by atoms with E-state index in [0.717, 1.165) is 11.1 Å². The fourth-order valence-corrected chi connectivity index (χ4v) is 2.55. The zero-order chi connectivity index (χ0) is 18.5. The molecule has 0 saturated heterocycles. The fraction of sp³-hybridized carbons (Fsp3) is 0.211. The van der Waals surface area contributed by atoms with Crippen LogP contribution < -0.4 is 10.1 Å². The quantitative estimate of drug-likeness (QED) is 0.714. The first-order valence-electron chi connectivity index (χ1n) is 8.08. The molecule has 134 valence electrons. The Kier molecular flexibility index (Phi) is 5.53. The van der Waals surface area contributed by atoms with Gasteiger partial charge in [0.05, 0.1) is 11.6 Å². The van der Waals surface area contributed by atoms with Gasteiger partial charge in [-0.3, -0.25) is 4.79 Å². The van der Waals surface area contributed by atoms with E-state index in [9.17, 15) is 4.79 Å². The van der Waals surface area contributed by atoms with E-state index >= 15 is 0 Å². The van der Waals surface area contributed by atoms with Crippen molar-refractivity contribution in [3.05, 3.63) is 64.5 Å². The van der Waals surface area contributed by atoms with Gasteiger partial charge in [-0.05, 0) is 43.2 Å². The summed E-state index contributed by atoms with van der Waals surface area (Å²) < 4.78 is 10.7. The first-order chi connectivity index (χ1) is 12.5. The smallest absolute Gasteiger partial charge is 0.258 e. The number of nitrogens with one attached hydrogen (secondary N) is 1. The minimum atomic E-state index is -0.275. The Labute approximate surface area is 156 Å². The van der Waals surface area contributed by atoms with Crippen molar-refractivity contribution in [2.24, 2.45) is 0 Å². The number of nitrogens with zero attached hydrogens (tertiary/aromatic N) is 2. The molecule has 0 bridgehead atoms. The molecule has 1 aromatic heterocycles. The van der Waals surface area contributed by atoms with Crippen LogP contribution in [0.2, 0.25) is 5.02 Å². The van der Waals surface area contributed by atoms with Crippen LogP contribution in [0.25, 0.3) is 11.4 Å². The summed E-state index contributed by atoms with van der Waals surface area (Å²) in [5.41, 5.74) is 2.80. The average molecular weight is 372 g/mol. The summed E-state index contributed by atoms with van der Waals surface area (Å²) in [6.45, 7) is 3.98. The molecule has 0 saturated carbocycles.